The zero-order valence-electron chi connectivity index (χ0n) is 42.7. The number of aliphatic hydroxyl groups excluding tert-OH is 12. The van der Waals surface area contributed by atoms with E-state index in [9.17, 15) is 66.1 Å². The fourth-order valence-corrected chi connectivity index (χ4v) is 15.7. The van der Waals surface area contributed by atoms with Gasteiger partial charge in [-0.3, -0.25) is 4.79 Å². The van der Waals surface area contributed by atoms with Gasteiger partial charge in [0.25, 0.3) is 0 Å². The Morgan fingerprint density at radius 3 is 2.05 bits per heavy atom. The summed E-state index contributed by atoms with van der Waals surface area (Å²) in [6.45, 7) is 16.1. The van der Waals surface area contributed by atoms with Crippen LogP contribution in [0.5, 0.6) is 0 Å². The van der Waals surface area contributed by atoms with Gasteiger partial charge in [0, 0.05) is 0 Å². The molecule has 0 aromatic rings. The van der Waals surface area contributed by atoms with Gasteiger partial charge in [-0.05, 0) is 110 Å². The molecule has 0 amide bonds. The summed E-state index contributed by atoms with van der Waals surface area (Å²) in [7, 11) is 0. The molecule has 8 fully saturated rings. The number of fused-ring (bicyclic) bond motifs is 7. The summed E-state index contributed by atoms with van der Waals surface area (Å²) in [4.78, 5) is 14.4. The summed E-state index contributed by atoms with van der Waals surface area (Å²) in [6, 6.07) is 0. The number of rotatable bonds is 10. The van der Waals surface area contributed by atoms with Crippen molar-refractivity contribution in [2.24, 2.45) is 51.2 Å². The Labute approximate surface area is 426 Å². The van der Waals surface area contributed by atoms with E-state index in [2.05, 4.69) is 47.3 Å². The lowest BCUT2D eigenvalue weighted by Crippen LogP contribution is -2.65. The van der Waals surface area contributed by atoms with Gasteiger partial charge < -0.3 is 99.2 Å². The fraction of sp³-hybridized carbons (Fsp3) is 0.904. The molecule has 73 heavy (non-hydrogen) atoms. The quantitative estimate of drug-likeness (QED) is 0.0711. The maximum atomic E-state index is 14.4. The molecule has 28 atom stereocenters. The van der Waals surface area contributed by atoms with Crippen LogP contribution in [0.4, 0.5) is 0 Å². The fourth-order valence-electron chi connectivity index (χ4n) is 15.7. The van der Waals surface area contributed by atoms with Crippen LogP contribution in [0, 0.1) is 51.2 Å². The van der Waals surface area contributed by atoms with Gasteiger partial charge in [-0.2, -0.15) is 0 Å². The first-order valence-corrected chi connectivity index (χ1v) is 26.5. The van der Waals surface area contributed by atoms with E-state index in [0.717, 1.165) is 50.5 Å². The minimum Gasteiger partial charge on any atom is -0.432 e. The average Bonchev–Trinajstić information content (AvgIpc) is 3.34. The molecule has 0 aromatic carbocycles. The monoisotopic (exact) mass is 1040 g/mol. The number of esters is 1. The number of carbonyl (C=O) groups excluding carboxylic acids is 1. The van der Waals surface area contributed by atoms with E-state index < -0.39 is 142 Å². The van der Waals surface area contributed by atoms with Crippen LogP contribution in [0.2, 0.25) is 0 Å². The molecule has 12 N–H and O–H groups in total. The molecule has 4 aliphatic heterocycles. The molecule has 21 nitrogen and oxygen atoms in total. The van der Waals surface area contributed by atoms with Gasteiger partial charge in [0.15, 0.2) is 18.9 Å². The largest absolute Gasteiger partial charge is 0.432 e. The highest BCUT2D eigenvalue weighted by Crippen LogP contribution is 2.74. The molecular weight excluding hydrogens is 961 g/mol. The van der Waals surface area contributed by atoms with Gasteiger partial charge in [-0.25, -0.2) is 0 Å². The summed E-state index contributed by atoms with van der Waals surface area (Å²) in [5.41, 5.74) is 1.66. The van der Waals surface area contributed by atoms with Gasteiger partial charge in [-0.15, -0.1) is 0 Å². The molecule has 9 rings (SSSR count). The molecule has 416 valence electrons. The molecule has 4 saturated carbocycles. The van der Waals surface area contributed by atoms with Crippen LogP contribution in [0.15, 0.2) is 23.8 Å². The van der Waals surface area contributed by atoms with E-state index in [1.165, 1.54) is 12.5 Å². The highest BCUT2D eigenvalue weighted by Gasteiger charge is 2.68. The van der Waals surface area contributed by atoms with E-state index in [1.54, 1.807) is 0 Å². The Kier molecular flexibility index (Phi) is 15.9. The average molecular weight is 1040 g/mol. The van der Waals surface area contributed by atoms with Crippen molar-refractivity contribution in [1.82, 2.24) is 0 Å². The molecule has 0 spiro atoms. The van der Waals surface area contributed by atoms with Crippen LogP contribution in [-0.2, 0) is 42.7 Å². The number of carbonyl (C=O) groups is 1. The number of aliphatic hydroxyl groups is 12. The molecule has 9 aliphatic rings. The summed E-state index contributed by atoms with van der Waals surface area (Å²) >= 11 is 0. The minimum atomic E-state index is -1.86. The van der Waals surface area contributed by atoms with Crippen LogP contribution in [0.1, 0.15) is 99.3 Å². The third kappa shape index (κ3) is 9.41. The first-order chi connectivity index (χ1) is 34.3. The SMILES string of the molecule is C=C1C[C@@H](C(=O)O[C@@H]2O[C@H](CO[C@@H]3O[C@H](CO)[C@@H](O[C@H]4O[C@@H](C)[C@H](O)[C@@H](O)[C@@H]4O)[C@H](O)[C@H]3O)[C@@H](O)[C@H](O)[C@H]2O)[C@@H]2CC[C@]3(C)C(=CC[C@@H]4[C@@]5(C)CC[C@@H](O[C@H]6OC[C@H](O)[C@@H](O)[C@@H]6O)C(C)(C)[C@@H]5CC[C@]43C)[C@@H]2C1. The van der Waals surface area contributed by atoms with E-state index >= 15 is 0 Å². The van der Waals surface area contributed by atoms with Crippen molar-refractivity contribution < 1.29 is 104 Å². The standard InChI is InChI=1S/C52H82O21/c1-21-16-24-23(10-14-51(6)26(24)8-9-31-50(5)13-12-32(49(3,4)30(50)11-15-52(31,51)7)71-46-39(61)34(56)27(54)19-66-46)25(17-21)44(65)73-48-41(63)37(59)35(57)29(70-48)20-67-45-42(64)38(60)43(28(18-53)69-45)72-47-40(62)36(58)33(55)22(2)68-47/h8,22-25,27-43,45-48,53-64H,1,9-20H2,2-7H3/t22-,23+,24+,25+,27-,28+,29+,30-,31+,32+,33-,34+,35+,36+,37-,38+,39-,40-,41+,42+,43+,45+,46+,47+,48-,50-,51+,52+/m0/s1. The second kappa shape index (κ2) is 20.8. The zero-order valence-corrected chi connectivity index (χ0v) is 42.7. The predicted octanol–water partition coefficient (Wildman–Crippen LogP) is -0.983. The first-order valence-electron chi connectivity index (χ1n) is 26.5. The van der Waals surface area contributed by atoms with E-state index in [-0.39, 0.29) is 46.2 Å². The third-order valence-electron chi connectivity index (χ3n) is 20.2. The molecule has 0 bridgehead atoms. The summed E-state index contributed by atoms with van der Waals surface area (Å²) in [5, 5.41) is 127. The minimum absolute atomic E-state index is 0.0105. The van der Waals surface area contributed by atoms with Gasteiger partial charge >= 0.3 is 5.97 Å². The molecule has 0 radical (unpaired) electrons. The molecule has 5 aliphatic carbocycles. The van der Waals surface area contributed by atoms with Crippen LogP contribution < -0.4 is 0 Å². The van der Waals surface area contributed by atoms with Gasteiger partial charge in [0.2, 0.25) is 6.29 Å². The van der Waals surface area contributed by atoms with Crippen LogP contribution in [0.25, 0.3) is 0 Å². The highest BCUT2D eigenvalue weighted by atomic mass is 16.8. The van der Waals surface area contributed by atoms with Gasteiger partial charge in [0.05, 0.1) is 37.9 Å². The molecule has 21 heteroatoms. The lowest BCUT2D eigenvalue weighted by atomic mass is 9.34. The second-order valence-electron chi connectivity index (χ2n) is 24.4. The molecule has 4 heterocycles. The smallest absolute Gasteiger partial charge is 0.311 e. The van der Waals surface area contributed by atoms with Crippen LogP contribution >= 0.6 is 0 Å². The Morgan fingerprint density at radius 2 is 1.34 bits per heavy atom. The molecule has 0 aromatic heterocycles. The first kappa shape index (κ1) is 55.9. The molecule has 4 saturated heterocycles. The lowest BCUT2D eigenvalue weighted by Gasteiger charge is -2.70. The van der Waals surface area contributed by atoms with Crippen molar-refractivity contribution in [3.63, 3.8) is 0 Å². The van der Waals surface area contributed by atoms with Crippen molar-refractivity contribution in [2.75, 3.05) is 19.8 Å². The lowest BCUT2D eigenvalue weighted by molar-refractivity contribution is -0.361. The molecular formula is C52H82O21. The van der Waals surface area contributed by atoms with E-state index in [1.807, 2.05) is 0 Å². The predicted molar refractivity (Wildman–Crippen MR) is 251 cm³/mol. The third-order valence-corrected chi connectivity index (χ3v) is 20.2. The maximum Gasteiger partial charge on any atom is 0.311 e. The van der Waals surface area contributed by atoms with Crippen molar-refractivity contribution in [3.05, 3.63) is 23.8 Å². The van der Waals surface area contributed by atoms with Gasteiger partial charge in [-0.1, -0.05) is 58.4 Å². The van der Waals surface area contributed by atoms with E-state index in [4.69, 9.17) is 37.9 Å². The van der Waals surface area contributed by atoms with Crippen molar-refractivity contribution in [3.8, 4) is 0 Å². The summed E-state index contributed by atoms with van der Waals surface area (Å²) in [6.07, 6.45) is -19.9. The Bertz CT molecular complexity index is 2020. The Balaban J connectivity index is 0.847. The van der Waals surface area contributed by atoms with Crippen LogP contribution in [-0.4, -0.2) is 210 Å². The number of allylic oxidation sites excluding steroid dienone is 3. The number of hydrogen-bond donors (Lipinski definition) is 12. The number of ether oxygens (including phenoxy) is 8. The van der Waals surface area contributed by atoms with E-state index in [0.29, 0.717) is 24.7 Å². The van der Waals surface area contributed by atoms with Crippen molar-refractivity contribution in [2.45, 2.75) is 222 Å². The second-order valence-corrected chi connectivity index (χ2v) is 24.4. The van der Waals surface area contributed by atoms with Gasteiger partial charge in [0.1, 0.15) is 85.5 Å². The number of hydrogen-bond acceptors (Lipinski definition) is 21. The zero-order chi connectivity index (χ0) is 53.0. The van der Waals surface area contributed by atoms with Crippen molar-refractivity contribution in [1.29, 1.82) is 0 Å². The topological polar surface area (TPSA) is 334 Å². The van der Waals surface area contributed by atoms with Crippen molar-refractivity contribution >= 4 is 5.97 Å². The summed E-state index contributed by atoms with van der Waals surface area (Å²) < 4.78 is 46.5. The summed E-state index contributed by atoms with van der Waals surface area (Å²) in [5.74, 6) is -0.749. The maximum absolute atomic E-state index is 14.4. The Hall–Kier alpha value is -1.81. The molecule has 0 unspecified atom stereocenters. The Morgan fingerprint density at radius 1 is 0.685 bits per heavy atom. The highest BCUT2D eigenvalue weighted by molar-refractivity contribution is 5.74. The van der Waals surface area contributed by atoms with Crippen LogP contribution in [0.3, 0.4) is 0 Å². The normalized spacial score (nSPS) is 54.0.